The van der Waals surface area contributed by atoms with E-state index >= 15 is 0 Å². The summed E-state index contributed by atoms with van der Waals surface area (Å²) in [6, 6.07) is 6.14. The number of anilines is 1. The molecule has 8 heteroatoms. The van der Waals surface area contributed by atoms with E-state index < -0.39 is 0 Å². The van der Waals surface area contributed by atoms with Gasteiger partial charge in [0, 0.05) is 45.5 Å². The molecule has 2 aromatic heterocycles. The van der Waals surface area contributed by atoms with Crippen LogP contribution in [0.4, 0.5) is 5.13 Å². The van der Waals surface area contributed by atoms with Gasteiger partial charge in [0.25, 0.3) is 5.91 Å². The first kappa shape index (κ1) is 17.8. The lowest BCUT2D eigenvalue weighted by molar-refractivity contribution is 0.0717. The number of piperidine rings is 1. The Balaban J connectivity index is 1.51. The molecule has 0 aliphatic carbocycles. The molecule has 3 aromatic rings. The Kier molecular flexibility index (Phi) is 4.73. The van der Waals surface area contributed by atoms with Crippen molar-refractivity contribution in [1.29, 1.82) is 0 Å². The molecule has 1 fully saturated rings. The van der Waals surface area contributed by atoms with Crippen LogP contribution in [0.3, 0.4) is 0 Å². The average Bonchev–Trinajstić information content (AvgIpc) is 3.32. The van der Waals surface area contributed by atoms with E-state index in [1.54, 1.807) is 35.5 Å². The van der Waals surface area contributed by atoms with Crippen molar-refractivity contribution in [3.63, 3.8) is 0 Å². The standard InChI is InChI=1S/C19H23N5O2S/c1-22-11-13(10-20-22)18(25)23(2)14-5-4-8-24(12-14)19-21-16-9-15(26-3)6-7-17(16)27-19/h6-7,9-11,14H,4-5,8,12H2,1-3H3. The zero-order valence-corrected chi connectivity index (χ0v) is 16.6. The van der Waals surface area contributed by atoms with E-state index in [0.29, 0.717) is 5.56 Å². The molecular formula is C19H23N5O2S. The molecular weight excluding hydrogens is 362 g/mol. The predicted molar refractivity (Wildman–Crippen MR) is 107 cm³/mol. The Morgan fingerprint density at radius 2 is 2.26 bits per heavy atom. The number of hydrogen-bond donors (Lipinski definition) is 0. The first-order chi connectivity index (χ1) is 13.0. The highest BCUT2D eigenvalue weighted by Gasteiger charge is 2.28. The topological polar surface area (TPSA) is 63.5 Å². The second kappa shape index (κ2) is 7.19. The third-order valence-electron chi connectivity index (χ3n) is 5.07. The van der Waals surface area contributed by atoms with Crippen LogP contribution >= 0.6 is 11.3 Å². The number of nitrogens with zero attached hydrogens (tertiary/aromatic N) is 5. The Morgan fingerprint density at radius 3 is 3.00 bits per heavy atom. The lowest BCUT2D eigenvalue weighted by Gasteiger charge is -2.37. The number of thiazole rings is 1. The quantitative estimate of drug-likeness (QED) is 0.691. The van der Waals surface area contributed by atoms with Crippen molar-refractivity contribution >= 4 is 32.6 Å². The van der Waals surface area contributed by atoms with Crippen molar-refractivity contribution in [1.82, 2.24) is 19.7 Å². The van der Waals surface area contributed by atoms with Gasteiger partial charge in [0.1, 0.15) is 5.75 Å². The lowest BCUT2D eigenvalue weighted by atomic mass is 10.0. The van der Waals surface area contributed by atoms with Crippen molar-refractivity contribution < 1.29 is 9.53 Å². The summed E-state index contributed by atoms with van der Waals surface area (Å²) in [5.41, 5.74) is 1.58. The van der Waals surface area contributed by atoms with Crippen molar-refractivity contribution in [2.24, 2.45) is 7.05 Å². The molecule has 7 nitrogen and oxygen atoms in total. The van der Waals surface area contributed by atoms with E-state index in [4.69, 9.17) is 9.72 Å². The fourth-order valence-electron chi connectivity index (χ4n) is 3.50. The predicted octanol–water partition coefficient (Wildman–Crippen LogP) is 2.78. The number of likely N-dealkylation sites (N-methyl/N-ethyl adjacent to an activating group) is 1. The summed E-state index contributed by atoms with van der Waals surface area (Å²) in [5.74, 6) is 0.835. The first-order valence-corrected chi connectivity index (χ1v) is 9.82. The van der Waals surface area contributed by atoms with Crippen LogP contribution < -0.4 is 9.64 Å². The van der Waals surface area contributed by atoms with Gasteiger partial charge in [-0.1, -0.05) is 11.3 Å². The zero-order valence-electron chi connectivity index (χ0n) is 15.8. The first-order valence-electron chi connectivity index (χ1n) is 9.00. The van der Waals surface area contributed by atoms with Gasteiger partial charge in [0.2, 0.25) is 0 Å². The molecule has 4 rings (SSSR count). The van der Waals surface area contributed by atoms with Crippen molar-refractivity contribution in [2.75, 3.05) is 32.1 Å². The van der Waals surface area contributed by atoms with Crippen molar-refractivity contribution in [3.05, 3.63) is 36.2 Å². The molecule has 1 aliphatic rings. The summed E-state index contributed by atoms with van der Waals surface area (Å²) in [6.45, 7) is 1.75. The zero-order chi connectivity index (χ0) is 19.0. The van der Waals surface area contributed by atoms with Gasteiger partial charge in [-0.2, -0.15) is 5.10 Å². The number of carbonyl (C=O) groups is 1. The fraction of sp³-hybridized carbons (Fsp3) is 0.421. The van der Waals surface area contributed by atoms with Crippen LogP contribution in [0.1, 0.15) is 23.2 Å². The number of methoxy groups -OCH3 is 1. The maximum atomic E-state index is 12.7. The Morgan fingerprint density at radius 1 is 1.41 bits per heavy atom. The maximum Gasteiger partial charge on any atom is 0.257 e. The molecule has 1 atom stereocenters. The van der Waals surface area contributed by atoms with Gasteiger partial charge >= 0.3 is 0 Å². The van der Waals surface area contributed by atoms with E-state index in [1.165, 1.54) is 0 Å². The number of rotatable bonds is 4. The lowest BCUT2D eigenvalue weighted by Crippen LogP contribution is -2.48. The van der Waals surface area contributed by atoms with E-state index in [1.807, 2.05) is 31.1 Å². The van der Waals surface area contributed by atoms with E-state index in [2.05, 4.69) is 16.1 Å². The molecule has 3 heterocycles. The molecule has 1 saturated heterocycles. The van der Waals surface area contributed by atoms with E-state index in [0.717, 1.165) is 47.0 Å². The van der Waals surface area contributed by atoms with Crippen LogP contribution in [0, 0.1) is 0 Å². The van der Waals surface area contributed by atoms with E-state index in [9.17, 15) is 4.79 Å². The normalized spacial score (nSPS) is 17.3. The van der Waals surface area contributed by atoms with Gasteiger partial charge in [-0.15, -0.1) is 0 Å². The van der Waals surface area contributed by atoms with Gasteiger partial charge in [0.15, 0.2) is 5.13 Å². The second-order valence-electron chi connectivity index (χ2n) is 6.89. The summed E-state index contributed by atoms with van der Waals surface area (Å²) in [5, 5.41) is 5.11. The average molecular weight is 385 g/mol. The molecule has 0 bridgehead atoms. The second-order valence-corrected chi connectivity index (χ2v) is 7.90. The minimum absolute atomic E-state index is 0.0176. The number of carbonyl (C=O) groups excluding carboxylic acids is 1. The molecule has 0 radical (unpaired) electrons. The number of aromatic nitrogens is 3. The van der Waals surface area contributed by atoms with Crippen LogP contribution in [0.5, 0.6) is 5.75 Å². The van der Waals surface area contributed by atoms with Crippen LogP contribution in [0.2, 0.25) is 0 Å². The Labute approximate surface area is 162 Å². The summed E-state index contributed by atoms with van der Waals surface area (Å²) >= 11 is 1.69. The van der Waals surface area contributed by atoms with Crippen molar-refractivity contribution in [3.8, 4) is 5.75 Å². The highest BCUT2D eigenvalue weighted by atomic mass is 32.1. The molecule has 0 N–H and O–H groups in total. The number of benzene rings is 1. The van der Waals surface area contributed by atoms with Gasteiger partial charge in [-0.25, -0.2) is 4.98 Å². The van der Waals surface area contributed by atoms with Crippen LogP contribution in [-0.4, -0.2) is 58.9 Å². The summed E-state index contributed by atoms with van der Waals surface area (Å²) in [7, 11) is 5.37. The van der Waals surface area contributed by atoms with Crippen LogP contribution in [0.25, 0.3) is 10.2 Å². The highest BCUT2D eigenvalue weighted by Crippen LogP contribution is 2.33. The molecule has 1 unspecified atom stereocenters. The fourth-order valence-corrected chi connectivity index (χ4v) is 4.48. The van der Waals surface area contributed by atoms with Gasteiger partial charge in [-0.05, 0) is 25.0 Å². The molecule has 0 spiro atoms. The van der Waals surface area contributed by atoms with Gasteiger partial charge in [-0.3, -0.25) is 9.48 Å². The molecule has 1 amide bonds. The summed E-state index contributed by atoms with van der Waals surface area (Å²) in [4.78, 5) is 21.7. The molecule has 1 aliphatic heterocycles. The minimum Gasteiger partial charge on any atom is -0.497 e. The van der Waals surface area contributed by atoms with Gasteiger partial charge in [0.05, 0.1) is 29.1 Å². The molecule has 142 valence electrons. The van der Waals surface area contributed by atoms with Crippen LogP contribution in [0.15, 0.2) is 30.6 Å². The number of hydrogen-bond acceptors (Lipinski definition) is 6. The third kappa shape index (κ3) is 3.49. The highest BCUT2D eigenvalue weighted by molar-refractivity contribution is 7.22. The van der Waals surface area contributed by atoms with E-state index in [-0.39, 0.29) is 11.9 Å². The number of amides is 1. The Bertz CT molecular complexity index is 966. The molecule has 1 aromatic carbocycles. The minimum atomic E-state index is 0.0176. The number of fused-ring (bicyclic) bond motifs is 1. The molecule has 27 heavy (non-hydrogen) atoms. The smallest absolute Gasteiger partial charge is 0.257 e. The summed E-state index contributed by atoms with van der Waals surface area (Å²) in [6.07, 6.45) is 5.42. The SMILES string of the molecule is COc1ccc2sc(N3CCCC(N(C)C(=O)c4cnn(C)c4)C3)nc2c1. The molecule has 0 saturated carbocycles. The number of aryl methyl sites for hydroxylation is 1. The Hall–Kier alpha value is -2.61. The summed E-state index contributed by atoms with van der Waals surface area (Å²) < 4.78 is 8.10. The third-order valence-corrected chi connectivity index (χ3v) is 6.17. The van der Waals surface area contributed by atoms with Crippen molar-refractivity contribution in [2.45, 2.75) is 18.9 Å². The maximum absolute atomic E-state index is 12.7. The van der Waals surface area contributed by atoms with Crippen LogP contribution in [-0.2, 0) is 7.05 Å². The largest absolute Gasteiger partial charge is 0.497 e. The number of ether oxygens (including phenoxy) is 1. The monoisotopic (exact) mass is 385 g/mol. The van der Waals surface area contributed by atoms with Gasteiger partial charge < -0.3 is 14.5 Å².